The molecule has 0 saturated carbocycles. The fraction of sp³-hybridized carbons (Fsp3) is 0.900. The standard InChI is InChI=1S/C10H20N2O/c1-3-9(13-2)10(11)8-4-6-12-7-5-8/h8-9,11-12H,3-7H2,1-2H3/t9-/m1/s1. The lowest BCUT2D eigenvalue weighted by molar-refractivity contribution is 0.146. The van der Waals surface area contributed by atoms with Crippen LogP contribution in [0.1, 0.15) is 26.2 Å². The number of piperidine rings is 1. The van der Waals surface area contributed by atoms with Crippen molar-refractivity contribution in [3.05, 3.63) is 0 Å². The average molecular weight is 184 g/mol. The predicted molar refractivity (Wildman–Crippen MR) is 54.4 cm³/mol. The van der Waals surface area contributed by atoms with Crippen molar-refractivity contribution < 1.29 is 4.74 Å². The third-order valence-electron chi connectivity index (χ3n) is 2.78. The van der Waals surface area contributed by atoms with Crippen LogP contribution in [0.4, 0.5) is 0 Å². The zero-order chi connectivity index (χ0) is 9.68. The van der Waals surface area contributed by atoms with E-state index in [1.807, 2.05) is 0 Å². The van der Waals surface area contributed by atoms with Crippen molar-refractivity contribution in [1.29, 1.82) is 5.41 Å². The third kappa shape index (κ3) is 2.78. The molecule has 0 unspecified atom stereocenters. The van der Waals surface area contributed by atoms with Gasteiger partial charge in [0.15, 0.2) is 0 Å². The topological polar surface area (TPSA) is 45.1 Å². The van der Waals surface area contributed by atoms with Gasteiger partial charge in [0.25, 0.3) is 0 Å². The van der Waals surface area contributed by atoms with Crippen molar-refractivity contribution in [1.82, 2.24) is 5.32 Å². The van der Waals surface area contributed by atoms with E-state index >= 15 is 0 Å². The normalized spacial score (nSPS) is 21.4. The van der Waals surface area contributed by atoms with Crippen LogP contribution in [0.2, 0.25) is 0 Å². The summed E-state index contributed by atoms with van der Waals surface area (Å²) in [5.74, 6) is 0.450. The molecular weight excluding hydrogens is 164 g/mol. The molecule has 1 fully saturated rings. The van der Waals surface area contributed by atoms with Crippen molar-refractivity contribution in [2.24, 2.45) is 5.92 Å². The lowest BCUT2D eigenvalue weighted by Gasteiger charge is -2.27. The van der Waals surface area contributed by atoms with E-state index in [4.69, 9.17) is 10.1 Å². The zero-order valence-corrected chi connectivity index (χ0v) is 8.60. The first-order valence-corrected chi connectivity index (χ1v) is 5.11. The summed E-state index contributed by atoms with van der Waals surface area (Å²) in [7, 11) is 1.70. The minimum absolute atomic E-state index is 0.0445. The van der Waals surface area contributed by atoms with E-state index in [1.165, 1.54) is 0 Å². The number of ether oxygens (including phenoxy) is 1. The molecule has 3 heteroatoms. The van der Waals surface area contributed by atoms with Crippen LogP contribution in [-0.4, -0.2) is 32.0 Å². The molecule has 0 spiro atoms. The second-order valence-electron chi connectivity index (χ2n) is 3.61. The molecule has 76 valence electrons. The van der Waals surface area contributed by atoms with Crippen LogP contribution in [-0.2, 0) is 4.74 Å². The predicted octanol–water partition coefficient (Wildman–Crippen LogP) is 1.43. The number of methoxy groups -OCH3 is 1. The Hall–Kier alpha value is -0.410. The lowest BCUT2D eigenvalue weighted by atomic mass is 9.89. The highest BCUT2D eigenvalue weighted by Crippen LogP contribution is 2.17. The summed E-state index contributed by atoms with van der Waals surface area (Å²) < 4.78 is 5.27. The van der Waals surface area contributed by atoms with Gasteiger partial charge in [-0.05, 0) is 32.4 Å². The summed E-state index contributed by atoms with van der Waals surface area (Å²) in [6, 6.07) is 0. The molecule has 1 aliphatic rings. The van der Waals surface area contributed by atoms with Crippen LogP contribution in [0.15, 0.2) is 0 Å². The molecule has 13 heavy (non-hydrogen) atoms. The first kappa shape index (κ1) is 10.7. The highest BCUT2D eigenvalue weighted by Gasteiger charge is 2.23. The number of hydrogen-bond donors (Lipinski definition) is 2. The molecule has 0 radical (unpaired) electrons. The van der Waals surface area contributed by atoms with Crippen LogP contribution in [0.25, 0.3) is 0 Å². The molecule has 0 aromatic rings. The third-order valence-corrected chi connectivity index (χ3v) is 2.78. The van der Waals surface area contributed by atoms with Crippen LogP contribution < -0.4 is 5.32 Å². The Balaban J connectivity index is 2.44. The van der Waals surface area contributed by atoms with E-state index in [9.17, 15) is 0 Å². The van der Waals surface area contributed by atoms with Gasteiger partial charge in [0.1, 0.15) is 0 Å². The van der Waals surface area contributed by atoms with Gasteiger partial charge in [-0.15, -0.1) is 0 Å². The second-order valence-corrected chi connectivity index (χ2v) is 3.61. The van der Waals surface area contributed by atoms with Crippen LogP contribution in [0.3, 0.4) is 0 Å². The van der Waals surface area contributed by atoms with E-state index in [1.54, 1.807) is 7.11 Å². The molecule has 1 saturated heterocycles. The van der Waals surface area contributed by atoms with Crippen LogP contribution in [0, 0.1) is 11.3 Å². The lowest BCUT2D eigenvalue weighted by Crippen LogP contribution is -2.36. The highest BCUT2D eigenvalue weighted by atomic mass is 16.5. The molecule has 1 heterocycles. The van der Waals surface area contributed by atoms with E-state index in [2.05, 4.69) is 12.2 Å². The van der Waals surface area contributed by atoms with Crippen molar-refractivity contribution in [3.8, 4) is 0 Å². The van der Waals surface area contributed by atoms with Gasteiger partial charge in [0.2, 0.25) is 0 Å². The van der Waals surface area contributed by atoms with E-state index < -0.39 is 0 Å². The SMILES string of the molecule is CC[C@@H](OC)C(=N)C1CCNCC1. The summed E-state index contributed by atoms with van der Waals surface area (Å²) in [5, 5.41) is 11.3. The van der Waals surface area contributed by atoms with Crippen molar-refractivity contribution >= 4 is 5.71 Å². The van der Waals surface area contributed by atoms with Crippen LogP contribution in [0.5, 0.6) is 0 Å². The van der Waals surface area contributed by atoms with E-state index in [-0.39, 0.29) is 6.10 Å². The Kier molecular flexibility index (Phi) is 4.39. The van der Waals surface area contributed by atoms with Gasteiger partial charge in [0, 0.05) is 18.7 Å². The Morgan fingerprint density at radius 1 is 1.54 bits per heavy atom. The molecule has 1 aliphatic heterocycles. The Morgan fingerprint density at radius 2 is 2.15 bits per heavy atom. The van der Waals surface area contributed by atoms with Crippen LogP contribution >= 0.6 is 0 Å². The monoisotopic (exact) mass is 184 g/mol. The molecule has 1 atom stereocenters. The molecule has 1 rings (SSSR count). The zero-order valence-electron chi connectivity index (χ0n) is 8.60. The molecule has 0 aliphatic carbocycles. The number of rotatable bonds is 4. The van der Waals surface area contributed by atoms with Gasteiger partial charge in [-0.3, -0.25) is 0 Å². The minimum atomic E-state index is 0.0445. The first-order chi connectivity index (χ1) is 6.29. The van der Waals surface area contributed by atoms with Gasteiger partial charge in [-0.2, -0.15) is 0 Å². The van der Waals surface area contributed by atoms with Crippen molar-refractivity contribution in [3.63, 3.8) is 0 Å². The van der Waals surface area contributed by atoms with Gasteiger partial charge in [0.05, 0.1) is 6.10 Å². The summed E-state index contributed by atoms with van der Waals surface area (Å²) in [6.07, 6.45) is 3.15. The fourth-order valence-electron chi connectivity index (χ4n) is 1.91. The van der Waals surface area contributed by atoms with Gasteiger partial charge in [-0.25, -0.2) is 0 Å². The largest absolute Gasteiger partial charge is 0.376 e. The molecule has 0 aromatic carbocycles. The Morgan fingerprint density at radius 3 is 2.62 bits per heavy atom. The summed E-state index contributed by atoms with van der Waals surface area (Å²) in [6.45, 7) is 4.17. The van der Waals surface area contributed by atoms with Gasteiger partial charge in [-0.1, -0.05) is 6.92 Å². The van der Waals surface area contributed by atoms with Crippen molar-refractivity contribution in [2.75, 3.05) is 20.2 Å². The maximum atomic E-state index is 7.99. The maximum absolute atomic E-state index is 7.99. The number of hydrogen-bond acceptors (Lipinski definition) is 3. The maximum Gasteiger partial charge on any atom is 0.0945 e. The summed E-state index contributed by atoms with van der Waals surface area (Å²) in [4.78, 5) is 0. The van der Waals surface area contributed by atoms with Gasteiger partial charge < -0.3 is 15.5 Å². The molecule has 0 bridgehead atoms. The molecular formula is C10H20N2O. The Bertz CT molecular complexity index is 160. The Labute approximate surface area is 80.4 Å². The van der Waals surface area contributed by atoms with Crippen molar-refractivity contribution in [2.45, 2.75) is 32.3 Å². The molecule has 0 amide bonds. The summed E-state index contributed by atoms with van der Waals surface area (Å²) in [5.41, 5.74) is 0.798. The summed E-state index contributed by atoms with van der Waals surface area (Å²) >= 11 is 0. The second kappa shape index (κ2) is 5.35. The number of nitrogens with one attached hydrogen (secondary N) is 2. The fourth-order valence-corrected chi connectivity index (χ4v) is 1.91. The van der Waals surface area contributed by atoms with Gasteiger partial charge >= 0.3 is 0 Å². The molecule has 2 N–H and O–H groups in total. The van der Waals surface area contributed by atoms with E-state index in [0.717, 1.165) is 38.1 Å². The average Bonchev–Trinajstić information content (AvgIpc) is 2.21. The first-order valence-electron chi connectivity index (χ1n) is 5.11. The van der Waals surface area contributed by atoms with E-state index in [0.29, 0.717) is 5.92 Å². The highest BCUT2D eigenvalue weighted by molar-refractivity contribution is 5.88. The molecule has 3 nitrogen and oxygen atoms in total. The smallest absolute Gasteiger partial charge is 0.0945 e. The molecule has 0 aromatic heterocycles. The minimum Gasteiger partial charge on any atom is -0.376 e. The quantitative estimate of drug-likeness (QED) is 0.649.